The van der Waals surface area contributed by atoms with Gasteiger partial charge in [-0.2, -0.15) is 0 Å². The minimum Gasteiger partial charge on any atom is -0.502 e. The van der Waals surface area contributed by atoms with E-state index in [-0.39, 0.29) is 5.75 Å². The topological polar surface area (TPSA) is 79.7 Å². The van der Waals surface area contributed by atoms with E-state index in [1.807, 2.05) is 0 Å². The average Bonchev–Trinajstić information content (AvgIpc) is 2.83. The zero-order chi connectivity index (χ0) is 13.8. The number of aliphatic imine (C=N–C) groups is 1. The van der Waals surface area contributed by atoms with E-state index < -0.39 is 0 Å². The Morgan fingerprint density at radius 2 is 2.00 bits per heavy atom. The number of aromatic hydroxyl groups is 1. The van der Waals surface area contributed by atoms with E-state index in [4.69, 9.17) is 21.7 Å². The van der Waals surface area contributed by atoms with E-state index in [0.717, 1.165) is 0 Å². The fourth-order valence-corrected chi connectivity index (χ4v) is 2.12. The smallest absolute Gasteiger partial charge is 0.230 e. The number of nitrogens with zero attached hydrogens (tertiary/aromatic N) is 2. The van der Waals surface area contributed by atoms with Crippen LogP contribution in [0.3, 0.4) is 0 Å². The van der Waals surface area contributed by atoms with E-state index in [0.29, 0.717) is 26.1 Å². The summed E-state index contributed by atoms with van der Waals surface area (Å²) in [6.07, 6.45) is 1.59. The van der Waals surface area contributed by atoms with Gasteiger partial charge >= 0.3 is 0 Å². The third kappa shape index (κ3) is 3.09. The average molecular weight is 297 g/mol. The van der Waals surface area contributed by atoms with Gasteiger partial charge < -0.3 is 14.6 Å². The van der Waals surface area contributed by atoms with Crippen molar-refractivity contribution < 1.29 is 14.6 Å². The summed E-state index contributed by atoms with van der Waals surface area (Å²) in [5.41, 5.74) is 0.715. The largest absolute Gasteiger partial charge is 0.502 e. The van der Waals surface area contributed by atoms with Crippen LogP contribution < -0.4 is 9.47 Å². The molecule has 0 bridgehead atoms. The molecule has 0 spiro atoms. The molecule has 0 saturated carbocycles. The summed E-state index contributed by atoms with van der Waals surface area (Å²) in [4.78, 5) is 4.17. The molecule has 0 aliphatic heterocycles. The summed E-state index contributed by atoms with van der Waals surface area (Å²) >= 11 is 6.18. The predicted octanol–water partition coefficient (Wildman–Crippen LogP) is 2.67. The summed E-state index contributed by atoms with van der Waals surface area (Å²) in [6.45, 7) is 0. The van der Waals surface area contributed by atoms with Crippen LogP contribution in [0.25, 0.3) is 0 Å². The molecule has 0 unspecified atom stereocenters. The number of methoxy groups -OCH3 is 2. The third-order valence-corrected chi connectivity index (χ3v) is 3.25. The quantitative estimate of drug-likeness (QED) is 0.670. The molecule has 0 atom stereocenters. The third-order valence-electron chi connectivity index (χ3n) is 2.25. The van der Waals surface area contributed by atoms with Gasteiger partial charge in [-0.25, -0.2) is 4.99 Å². The monoisotopic (exact) mass is 297 g/mol. The van der Waals surface area contributed by atoms with Gasteiger partial charge in [0.15, 0.2) is 15.5 Å². The molecular weight excluding hydrogens is 286 g/mol. The normalized spacial score (nSPS) is 10.8. The molecule has 8 heteroatoms. The Labute approximate surface area is 118 Å². The lowest BCUT2D eigenvalue weighted by Crippen LogP contribution is -1.92. The first-order chi connectivity index (χ1) is 9.13. The number of phenolic OH excluding ortho intramolecular Hbond substituents is 1. The molecule has 0 radical (unpaired) electrons. The highest BCUT2D eigenvalue weighted by atomic mass is 32.1. The molecule has 1 heterocycles. The molecule has 1 aromatic heterocycles. The number of hydrogen-bond donors (Lipinski definition) is 2. The van der Waals surface area contributed by atoms with Crippen LogP contribution in [-0.2, 0) is 0 Å². The lowest BCUT2D eigenvalue weighted by molar-refractivity contribution is 0.340. The summed E-state index contributed by atoms with van der Waals surface area (Å²) in [6, 6.07) is 3.29. The fraction of sp³-hybridized carbons (Fsp3) is 0.182. The van der Waals surface area contributed by atoms with Crippen LogP contribution >= 0.6 is 23.6 Å². The highest BCUT2D eigenvalue weighted by molar-refractivity contribution is 7.73. The summed E-state index contributed by atoms with van der Waals surface area (Å²) < 4.78 is 10.7. The van der Waals surface area contributed by atoms with Crippen molar-refractivity contribution in [1.29, 1.82) is 0 Å². The van der Waals surface area contributed by atoms with Gasteiger partial charge in [0.05, 0.1) is 14.2 Å². The minimum atomic E-state index is -0.0439. The standard InChI is InChI=1S/C11H11N3O3S2/c1-16-7-3-6(4-8(17-2)9(7)15)5-12-10-13-14-11(18)19-10/h3-5,15H,1-2H3,(H,14,18)/b12-5+. The Kier molecular flexibility index (Phi) is 4.13. The van der Waals surface area contributed by atoms with Gasteiger partial charge in [0.2, 0.25) is 10.9 Å². The predicted molar refractivity (Wildman–Crippen MR) is 75.8 cm³/mol. The van der Waals surface area contributed by atoms with Crippen molar-refractivity contribution in [3.63, 3.8) is 0 Å². The maximum Gasteiger partial charge on any atom is 0.230 e. The van der Waals surface area contributed by atoms with Gasteiger partial charge in [-0.15, -0.1) is 5.10 Å². The Morgan fingerprint density at radius 3 is 2.47 bits per heavy atom. The van der Waals surface area contributed by atoms with Crippen molar-refractivity contribution in [1.82, 2.24) is 10.2 Å². The summed E-state index contributed by atoms with van der Waals surface area (Å²) in [5.74, 6) is 0.587. The second-order valence-corrected chi connectivity index (χ2v) is 5.07. The van der Waals surface area contributed by atoms with Crippen LogP contribution in [0.1, 0.15) is 5.56 Å². The first-order valence-electron chi connectivity index (χ1n) is 5.18. The lowest BCUT2D eigenvalue weighted by atomic mass is 10.2. The molecule has 0 aliphatic carbocycles. The van der Waals surface area contributed by atoms with Crippen LogP contribution in [0.5, 0.6) is 17.2 Å². The zero-order valence-electron chi connectivity index (χ0n) is 10.2. The number of nitrogens with one attached hydrogen (secondary N) is 1. The van der Waals surface area contributed by atoms with E-state index in [1.54, 1.807) is 18.3 Å². The van der Waals surface area contributed by atoms with E-state index >= 15 is 0 Å². The Bertz CT molecular complexity index is 638. The second kappa shape index (κ2) is 5.81. The van der Waals surface area contributed by atoms with Crippen LogP contribution in [0.15, 0.2) is 17.1 Å². The van der Waals surface area contributed by atoms with Gasteiger partial charge in [0, 0.05) is 11.8 Å². The maximum absolute atomic E-state index is 9.78. The molecule has 2 rings (SSSR count). The van der Waals surface area contributed by atoms with Crippen molar-refractivity contribution in [2.24, 2.45) is 4.99 Å². The van der Waals surface area contributed by atoms with Crippen molar-refractivity contribution >= 4 is 34.9 Å². The summed E-state index contributed by atoms with van der Waals surface area (Å²) in [5, 5.41) is 16.9. The molecule has 0 amide bonds. The first-order valence-corrected chi connectivity index (χ1v) is 6.41. The van der Waals surface area contributed by atoms with Gasteiger partial charge in [0.25, 0.3) is 0 Å². The number of H-pyrrole nitrogens is 1. The maximum atomic E-state index is 9.78. The SMILES string of the molecule is COc1cc(/C=N/c2n[nH]c(=S)s2)cc(OC)c1O. The van der Waals surface area contributed by atoms with Crippen molar-refractivity contribution in [2.75, 3.05) is 14.2 Å². The molecule has 2 aromatic rings. The van der Waals surface area contributed by atoms with E-state index in [9.17, 15) is 5.11 Å². The number of hydrogen-bond acceptors (Lipinski definition) is 7. The summed E-state index contributed by atoms with van der Waals surface area (Å²) in [7, 11) is 2.93. The van der Waals surface area contributed by atoms with Crippen LogP contribution in [0.4, 0.5) is 5.13 Å². The second-order valence-electron chi connectivity index (χ2n) is 3.43. The molecule has 100 valence electrons. The minimum absolute atomic E-state index is 0.0439. The zero-order valence-corrected chi connectivity index (χ0v) is 11.8. The van der Waals surface area contributed by atoms with Gasteiger partial charge in [-0.05, 0) is 24.4 Å². The number of phenols is 1. The molecule has 6 nitrogen and oxygen atoms in total. The molecule has 1 aromatic carbocycles. The lowest BCUT2D eigenvalue weighted by Gasteiger charge is -2.08. The highest BCUT2D eigenvalue weighted by Crippen LogP contribution is 2.36. The molecule has 2 N–H and O–H groups in total. The van der Waals surface area contributed by atoms with Crippen molar-refractivity contribution in [3.8, 4) is 17.2 Å². The van der Waals surface area contributed by atoms with E-state index in [1.165, 1.54) is 25.6 Å². The Morgan fingerprint density at radius 1 is 1.37 bits per heavy atom. The molecular formula is C11H11N3O3S2. The number of ether oxygens (including phenoxy) is 2. The highest BCUT2D eigenvalue weighted by Gasteiger charge is 2.10. The Hall–Kier alpha value is -1.93. The van der Waals surface area contributed by atoms with Gasteiger partial charge in [0.1, 0.15) is 0 Å². The molecule has 19 heavy (non-hydrogen) atoms. The molecule has 0 aliphatic rings. The molecule has 0 saturated heterocycles. The first kappa shape index (κ1) is 13.5. The molecule has 0 fully saturated rings. The number of aromatic amines is 1. The fourth-order valence-electron chi connectivity index (χ4n) is 1.40. The van der Waals surface area contributed by atoms with Crippen LogP contribution in [-0.4, -0.2) is 35.7 Å². The number of benzene rings is 1. The number of aromatic nitrogens is 2. The Balaban J connectivity index is 2.34. The van der Waals surface area contributed by atoms with E-state index in [2.05, 4.69) is 15.2 Å². The van der Waals surface area contributed by atoms with Gasteiger partial charge in [-0.1, -0.05) is 11.3 Å². The number of rotatable bonds is 4. The van der Waals surface area contributed by atoms with Crippen molar-refractivity contribution in [3.05, 3.63) is 21.7 Å². The van der Waals surface area contributed by atoms with Crippen LogP contribution in [0, 0.1) is 3.95 Å². The van der Waals surface area contributed by atoms with Crippen molar-refractivity contribution in [2.45, 2.75) is 0 Å². The van der Waals surface area contributed by atoms with Crippen LogP contribution in [0.2, 0.25) is 0 Å². The van der Waals surface area contributed by atoms with Gasteiger partial charge in [-0.3, -0.25) is 5.10 Å².